The summed E-state index contributed by atoms with van der Waals surface area (Å²) < 4.78 is 0. The van der Waals surface area contributed by atoms with Gasteiger partial charge in [0.2, 0.25) is 6.08 Å². The van der Waals surface area contributed by atoms with Crippen LogP contribution < -0.4 is 0 Å². The van der Waals surface area contributed by atoms with Crippen molar-refractivity contribution in [3.05, 3.63) is 0 Å². The first kappa shape index (κ1) is 9.53. The van der Waals surface area contributed by atoms with Gasteiger partial charge in [0.1, 0.15) is 0 Å². The Morgan fingerprint density at radius 2 is 2.10 bits per heavy atom. The highest BCUT2D eigenvalue weighted by Gasteiger charge is 2.16. The second kappa shape index (κ2) is 4.36. The molecule has 0 heterocycles. The summed E-state index contributed by atoms with van der Waals surface area (Å²) in [6, 6.07) is 0. The van der Waals surface area contributed by atoms with E-state index in [0.29, 0.717) is 0 Å². The number of isocyanates is 1. The van der Waals surface area contributed by atoms with E-state index in [0.717, 1.165) is 0 Å². The van der Waals surface area contributed by atoms with Crippen LogP contribution in [0.15, 0.2) is 4.99 Å². The Labute approximate surface area is 67.6 Å². The lowest BCUT2D eigenvalue weighted by Gasteiger charge is -2.06. The monoisotopic (exact) mass is 205 g/mol. The molecule has 1 amide bonds. The molecular weight excluding hydrogens is 198 g/mol. The molecular formula is C6H8BrNO2. The Kier molecular flexibility index (Phi) is 4.16. The van der Waals surface area contributed by atoms with Crippen LogP contribution in [-0.4, -0.2) is 16.8 Å². The van der Waals surface area contributed by atoms with E-state index in [2.05, 4.69) is 20.9 Å². The van der Waals surface area contributed by atoms with Crippen molar-refractivity contribution < 1.29 is 9.59 Å². The number of carbonyl (C=O) groups excluding carboxylic acids is 2. The number of hydrogen-bond acceptors (Lipinski definition) is 2. The molecule has 10 heavy (non-hydrogen) atoms. The van der Waals surface area contributed by atoms with Gasteiger partial charge in [-0.15, -0.1) is 4.99 Å². The van der Waals surface area contributed by atoms with Crippen molar-refractivity contribution in [1.29, 1.82) is 0 Å². The molecule has 2 unspecified atom stereocenters. The van der Waals surface area contributed by atoms with Crippen LogP contribution in [0.25, 0.3) is 0 Å². The zero-order valence-corrected chi connectivity index (χ0v) is 7.38. The van der Waals surface area contributed by atoms with Crippen molar-refractivity contribution in [2.75, 3.05) is 0 Å². The van der Waals surface area contributed by atoms with Crippen molar-refractivity contribution in [3.8, 4) is 0 Å². The minimum atomic E-state index is -0.431. The summed E-state index contributed by atoms with van der Waals surface area (Å²) in [4.78, 5) is 23.4. The number of aliphatic imine (C=N–C) groups is 1. The average Bonchev–Trinajstić information content (AvgIpc) is 1.87. The molecule has 4 heteroatoms. The summed E-state index contributed by atoms with van der Waals surface area (Å²) in [5, 5.41) is 0. The van der Waals surface area contributed by atoms with Crippen LogP contribution in [0.5, 0.6) is 0 Å². The van der Waals surface area contributed by atoms with Gasteiger partial charge in [0.05, 0.1) is 5.92 Å². The topological polar surface area (TPSA) is 46.5 Å². The van der Waals surface area contributed by atoms with Crippen LogP contribution in [0.3, 0.4) is 0 Å². The van der Waals surface area contributed by atoms with E-state index >= 15 is 0 Å². The molecule has 0 aliphatic carbocycles. The first-order valence-corrected chi connectivity index (χ1v) is 3.77. The first-order chi connectivity index (χ1) is 4.59. The fraction of sp³-hybridized carbons (Fsp3) is 0.667. The second-order valence-electron chi connectivity index (χ2n) is 2.01. The Balaban J connectivity index is 4.07. The molecule has 0 N–H and O–H groups in total. The summed E-state index contributed by atoms with van der Waals surface area (Å²) >= 11 is 3.20. The van der Waals surface area contributed by atoms with Crippen LogP contribution >= 0.6 is 15.9 Å². The maximum atomic E-state index is 10.7. The van der Waals surface area contributed by atoms with Gasteiger partial charge in [-0.2, -0.15) is 0 Å². The molecule has 0 aromatic carbocycles. The van der Waals surface area contributed by atoms with Crippen molar-refractivity contribution in [2.45, 2.75) is 18.7 Å². The van der Waals surface area contributed by atoms with E-state index < -0.39 is 5.91 Å². The predicted octanol–water partition coefficient (Wildman–Crippen LogP) is 1.27. The van der Waals surface area contributed by atoms with Gasteiger partial charge in [-0.1, -0.05) is 29.8 Å². The highest BCUT2D eigenvalue weighted by molar-refractivity contribution is 9.09. The van der Waals surface area contributed by atoms with Crippen LogP contribution in [-0.2, 0) is 9.59 Å². The van der Waals surface area contributed by atoms with Crippen molar-refractivity contribution in [1.82, 2.24) is 0 Å². The molecule has 56 valence electrons. The van der Waals surface area contributed by atoms with Gasteiger partial charge in [-0.25, -0.2) is 4.79 Å². The zero-order valence-electron chi connectivity index (χ0n) is 5.80. The minimum Gasteiger partial charge on any atom is -0.271 e. The van der Waals surface area contributed by atoms with Gasteiger partial charge < -0.3 is 0 Å². The number of halogens is 1. The third-order valence-corrected chi connectivity index (χ3v) is 2.03. The van der Waals surface area contributed by atoms with Gasteiger partial charge in [0, 0.05) is 4.83 Å². The van der Waals surface area contributed by atoms with Crippen LogP contribution in [0.4, 0.5) is 0 Å². The molecule has 0 fully saturated rings. The lowest BCUT2D eigenvalue weighted by molar-refractivity contribution is -0.120. The number of alkyl halides is 1. The molecule has 2 atom stereocenters. The summed E-state index contributed by atoms with van der Waals surface area (Å²) in [5.74, 6) is -0.694. The standard InChI is InChI=1S/C6H8BrNO2/c1-4(5(2)7)6(10)8-3-9/h4-5H,1-2H3. The van der Waals surface area contributed by atoms with Gasteiger partial charge in [-0.3, -0.25) is 4.79 Å². The highest BCUT2D eigenvalue weighted by atomic mass is 79.9. The molecule has 0 aliphatic heterocycles. The fourth-order valence-corrected chi connectivity index (χ4v) is 0.569. The maximum absolute atomic E-state index is 10.7. The Morgan fingerprint density at radius 3 is 2.40 bits per heavy atom. The zero-order chi connectivity index (χ0) is 8.15. The molecule has 0 aromatic heterocycles. The first-order valence-electron chi connectivity index (χ1n) is 2.85. The van der Waals surface area contributed by atoms with Gasteiger partial charge in [0.25, 0.3) is 5.91 Å². The van der Waals surface area contributed by atoms with Gasteiger partial charge in [-0.05, 0) is 0 Å². The Hall–Kier alpha value is -0.470. The molecule has 0 spiro atoms. The lowest BCUT2D eigenvalue weighted by atomic mass is 10.1. The molecule has 0 aromatic rings. The number of hydrogen-bond donors (Lipinski definition) is 0. The largest absolute Gasteiger partial charge is 0.271 e. The Bertz CT molecular complexity index is 173. The van der Waals surface area contributed by atoms with Crippen molar-refractivity contribution in [3.63, 3.8) is 0 Å². The molecule has 0 bridgehead atoms. The summed E-state index contributed by atoms with van der Waals surface area (Å²) in [6.45, 7) is 3.52. The normalized spacial score (nSPS) is 15.1. The second-order valence-corrected chi connectivity index (χ2v) is 3.45. The quantitative estimate of drug-likeness (QED) is 0.388. The minimum absolute atomic E-state index is 0.0390. The molecule has 0 radical (unpaired) electrons. The smallest absolute Gasteiger partial charge is 0.260 e. The third kappa shape index (κ3) is 2.90. The SMILES string of the molecule is CC(Br)C(C)C(=O)N=C=O. The van der Waals surface area contributed by atoms with E-state index in [1.165, 1.54) is 6.08 Å². The number of amides is 1. The summed E-state index contributed by atoms with van der Waals surface area (Å²) in [5.41, 5.74) is 0. The van der Waals surface area contributed by atoms with Crippen molar-refractivity contribution in [2.24, 2.45) is 10.9 Å². The van der Waals surface area contributed by atoms with Crippen LogP contribution in [0, 0.1) is 5.92 Å². The van der Waals surface area contributed by atoms with E-state index in [4.69, 9.17) is 0 Å². The average molecular weight is 206 g/mol. The van der Waals surface area contributed by atoms with E-state index in [-0.39, 0.29) is 10.7 Å². The molecule has 3 nitrogen and oxygen atoms in total. The Morgan fingerprint density at radius 1 is 1.60 bits per heavy atom. The maximum Gasteiger partial charge on any atom is 0.260 e. The summed E-state index contributed by atoms with van der Waals surface area (Å²) in [7, 11) is 0. The predicted molar refractivity (Wildman–Crippen MR) is 40.7 cm³/mol. The lowest BCUT2D eigenvalue weighted by Crippen LogP contribution is -2.16. The molecule has 0 aliphatic rings. The third-order valence-electron chi connectivity index (χ3n) is 1.23. The molecule has 0 saturated heterocycles. The van der Waals surface area contributed by atoms with Gasteiger partial charge in [0.15, 0.2) is 0 Å². The van der Waals surface area contributed by atoms with Crippen LogP contribution in [0.2, 0.25) is 0 Å². The highest BCUT2D eigenvalue weighted by Crippen LogP contribution is 2.12. The number of nitrogens with zero attached hydrogens (tertiary/aromatic N) is 1. The number of rotatable bonds is 2. The van der Waals surface area contributed by atoms with E-state index in [9.17, 15) is 9.59 Å². The molecule has 0 saturated carbocycles. The van der Waals surface area contributed by atoms with Gasteiger partial charge >= 0.3 is 0 Å². The summed E-state index contributed by atoms with van der Waals surface area (Å²) in [6.07, 6.45) is 1.21. The van der Waals surface area contributed by atoms with Crippen LogP contribution in [0.1, 0.15) is 13.8 Å². The number of carbonyl (C=O) groups is 1. The fourth-order valence-electron chi connectivity index (χ4n) is 0.343. The van der Waals surface area contributed by atoms with E-state index in [1.54, 1.807) is 6.92 Å². The van der Waals surface area contributed by atoms with Crippen molar-refractivity contribution >= 4 is 27.9 Å². The molecule has 0 rings (SSSR count). The van der Waals surface area contributed by atoms with E-state index in [1.807, 2.05) is 6.92 Å².